The van der Waals surface area contributed by atoms with Crippen LogP contribution in [0.15, 0.2) is 24.3 Å². The van der Waals surface area contributed by atoms with Crippen molar-refractivity contribution >= 4 is 19.8 Å². The van der Waals surface area contributed by atoms with Crippen LogP contribution >= 0.6 is 7.82 Å². The maximum absolute atomic E-state index is 12.9. The van der Waals surface area contributed by atoms with Crippen LogP contribution in [0.5, 0.6) is 0 Å². The number of unbranched alkanes of at least 4 members (excludes halogenated alkanes) is 57. The molecule has 0 aliphatic heterocycles. The Hall–Kier alpha value is -1.51. The highest BCUT2D eigenvalue weighted by molar-refractivity contribution is 7.45. The number of hydrogen-bond donors (Lipinski definition) is 0. The number of likely N-dealkylation sites (N-methyl/N-ethyl adjacent to an activating group) is 1. The molecule has 10 heteroatoms. The molecule has 0 fully saturated rings. The number of quaternary nitrogens is 1. The lowest BCUT2D eigenvalue weighted by atomic mass is 10.0. The Balaban J connectivity index is 3.91. The molecule has 0 spiro atoms. The Bertz CT molecular complexity index is 1550. The Morgan fingerprint density at radius 3 is 0.888 bits per heavy atom. The predicted molar refractivity (Wildman–Crippen MR) is 384 cm³/mol. The van der Waals surface area contributed by atoms with Crippen molar-refractivity contribution in [2.75, 3.05) is 47.5 Å². The molecule has 2 atom stereocenters. The van der Waals surface area contributed by atoms with Crippen LogP contribution in [0.1, 0.15) is 418 Å². The average molecular weight is 1280 g/mol. The fourth-order valence-corrected chi connectivity index (χ4v) is 12.9. The van der Waals surface area contributed by atoms with E-state index in [9.17, 15) is 19.0 Å². The summed E-state index contributed by atoms with van der Waals surface area (Å²) in [5.74, 6) is -0.804. The van der Waals surface area contributed by atoms with Gasteiger partial charge in [-0.3, -0.25) is 14.2 Å². The van der Waals surface area contributed by atoms with Crippen LogP contribution in [-0.4, -0.2) is 70.0 Å². The lowest BCUT2D eigenvalue weighted by molar-refractivity contribution is -0.870. The summed E-state index contributed by atoms with van der Waals surface area (Å²) in [6.45, 7) is 4.32. The van der Waals surface area contributed by atoms with Crippen molar-refractivity contribution in [2.45, 2.75) is 424 Å². The van der Waals surface area contributed by atoms with Crippen molar-refractivity contribution in [2.24, 2.45) is 0 Å². The molecule has 0 aliphatic carbocycles. The summed E-state index contributed by atoms with van der Waals surface area (Å²) in [5.41, 5.74) is 0. The number of esters is 2. The molecule has 0 saturated carbocycles. The van der Waals surface area contributed by atoms with Gasteiger partial charge in [-0.25, -0.2) is 0 Å². The Morgan fingerprint density at radius 2 is 0.607 bits per heavy atom. The van der Waals surface area contributed by atoms with Crippen molar-refractivity contribution in [1.82, 2.24) is 0 Å². The van der Waals surface area contributed by atoms with E-state index in [2.05, 4.69) is 38.2 Å². The maximum Gasteiger partial charge on any atom is 0.306 e. The smallest absolute Gasteiger partial charge is 0.306 e. The molecule has 89 heavy (non-hydrogen) atoms. The molecule has 0 rings (SSSR count). The van der Waals surface area contributed by atoms with Crippen LogP contribution in [0, 0.1) is 0 Å². The highest BCUT2D eigenvalue weighted by Crippen LogP contribution is 2.38. The quantitative estimate of drug-likeness (QED) is 0.0195. The van der Waals surface area contributed by atoms with Crippen molar-refractivity contribution < 1.29 is 42.1 Å². The second-order valence-corrected chi connectivity index (χ2v) is 29.9. The summed E-state index contributed by atoms with van der Waals surface area (Å²) in [6, 6.07) is 0. The van der Waals surface area contributed by atoms with Gasteiger partial charge in [0.2, 0.25) is 0 Å². The molecule has 0 heterocycles. The number of phosphoric ester groups is 1. The zero-order chi connectivity index (χ0) is 64.8. The fraction of sp³-hybridized carbons (Fsp3) is 0.924. The Morgan fingerprint density at radius 1 is 0.348 bits per heavy atom. The summed E-state index contributed by atoms with van der Waals surface area (Å²) in [6.07, 6.45) is 90.2. The lowest BCUT2D eigenvalue weighted by Gasteiger charge is -2.28. The first kappa shape index (κ1) is 87.5. The number of carbonyl (C=O) groups excluding carboxylic acids is 2. The molecule has 0 aromatic carbocycles. The summed E-state index contributed by atoms with van der Waals surface area (Å²) in [7, 11) is 1.19. The van der Waals surface area contributed by atoms with Gasteiger partial charge in [-0.1, -0.05) is 385 Å². The third-order valence-electron chi connectivity index (χ3n) is 18.2. The Kier molecular flexibility index (Phi) is 69.6. The summed E-state index contributed by atoms with van der Waals surface area (Å²) < 4.78 is 34.4. The minimum Gasteiger partial charge on any atom is -0.756 e. The number of rotatable bonds is 75. The monoisotopic (exact) mass is 1280 g/mol. The van der Waals surface area contributed by atoms with E-state index in [-0.39, 0.29) is 32.0 Å². The van der Waals surface area contributed by atoms with E-state index in [1.165, 1.54) is 347 Å². The lowest BCUT2D eigenvalue weighted by Crippen LogP contribution is -2.37. The molecule has 0 saturated heterocycles. The highest BCUT2D eigenvalue weighted by Gasteiger charge is 2.22. The second-order valence-electron chi connectivity index (χ2n) is 28.4. The van der Waals surface area contributed by atoms with Gasteiger partial charge in [0.05, 0.1) is 27.7 Å². The van der Waals surface area contributed by atoms with Crippen LogP contribution in [0.25, 0.3) is 0 Å². The first-order valence-corrected chi connectivity index (χ1v) is 41.0. The molecule has 0 aromatic heterocycles. The van der Waals surface area contributed by atoms with Gasteiger partial charge in [-0.15, -0.1) is 0 Å². The van der Waals surface area contributed by atoms with Gasteiger partial charge >= 0.3 is 11.9 Å². The molecule has 0 radical (unpaired) electrons. The number of hydrogen-bond acceptors (Lipinski definition) is 8. The number of phosphoric acid groups is 1. The number of nitrogens with zero attached hydrogens (tertiary/aromatic N) is 1. The van der Waals surface area contributed by atoms with Crippen molar-refractivity contribution in [3.05, 3.63) is 24.3 Å². The molecule has 528 valence electrons. The minimum absolute atomic E-state index is 0.0262. The van der Waals surface area contributed by atoms with E-state index < -0.39 is 26.5 Å². The zero-order valence-electron chi connectivity index (χ0n) is 60.4. The SMILES string of the molecule is CCCCCCC/C=C\C/C=C\CCCCCCCCCCCCCCCCCCCCCCCCCC(=O)OC(COC(=O)CCCCCCCCCCCCCCCCCCCCCCCCCCCCCCCC)COP(=O)([O-])OCC[N+](C)(C)C. The molecule has 0 aromatic rings. The van der Waals surface area contributed by atoms with E-state index in [0.29, 0.717) is 17.4 Å². The summed E-state index contributed by atoms with van der Waals surface area (Å²) in [4.78, 5) is 38.2. The van der Waals surface area contributed by atoms with E-state index in [0.717, 1.165) is 38.5 Å². The van der Waals surface area contributed by atoms with Crippen molar-refractivity contribution in [1.29, 1.82) is 0 Å². The minimum atomic E-state index is -4.64. The number of carbonyl (C=O) groups is 2. The van der Waals surface area contributed by atoms with E-state index in [4.69, 9.17) is 18.5 Å². The van der Waals surface area contributed by atoms with Gasteiger partial charge in [0, 0.05) is 12.8 Å². The molecule has 0 aliphatic rings. The van der Waals surface area contributed by atoms with Crippen LogP contribution < -0.4 is 4.89 Å². The van der Waals surface area contributed by atoms with Crippen LogP contribution in [-0.2, 0) is 32.7 Å². The fourth-order valence-electron chi connectivity index (χ4n) is 12.2. The van der Waals surface area contributed by atoms with Crippen LogP contribution in [0.4, 0.5) is 0 Å². The highest BCUT2D eigenvalue weighted by atomic mass is 31.2. The zero-order valence-corrected chi connectivity index (χ0v) is 61.3. The van der Waals surface area contributed by atoms with Gasteiger partial charge in [0.1, 0.15) is 19.8 Å². The van der Waals surface area contributed by atoms with Crippen molar-refractivity contribution in [3.8, 4) is 0 Å². The molecular weight excluding hydrogens is 1120 g/mol. The third-order valence-corrected chi connectivity index (χ3v) is 19.2. The first-order valence-electron chi connectivity index (χ1n) is 39.5. The van der Waals surface area contributed by atoms with Gasteiger partial charge < -0.3 is 27.9 Å². The summed E-state index contributed by atoms with van der Waals surface area (Å²) in [5, 5.41) is 0. The third kappa shape index (κ3) is 75.4. The number of ether oxygens (including phenoxy) is 2. The van der Waals surface area contributed by atoms with Gasteiger partial charge in [0.15, 0.2) is 6.10 Å². The standard InChI is InChI=1S/C79H154NO8P/c1-6-8-10-12-14-16-18-20-22-24-26-28-30-32-34-36-38-39-40-41-42-44-46-48-50-52-54-56-58-60-62-64-66-68-70-72-79(82)88-77(76-87-89(83,84)86-74-73-80(3,4)5)75-85-78(81)71-69-67-65-63-61-59-57-55-53-51-49-47-45-43-37-35-33-31-29-27-25-23-21-19-17-15-13-11-9-7-2/h18,20,24,26,77H,6-17,19,21-23,25,27-76H2,1-5H3/b20-18-,26-24-. The molecule has 0 amide bonds. The molecule has 9 nitrogen and oxygen atoms in total. The van der Waals surface area contributed by atoms with E-state index >= 15 is 0 Å². The van der Waals surface area contributed by atoms with Gasteiger partial charge in [0.25, 0.3) is 7.82 Å². The normalized spacial score (nSPS) is 13.1. The number of allylic oxidation sites excluding steroid dienone is 4. The maximum atomic E-state index is 12.9. The van der Waals surface area contributed by atoms with Crippen LogP contribution in [0.3, 0.4) is 0 Å². The molecular formula is C79H154NO8P. The van der Waals surface area contributed by atoms with E-state index in [1.54, 1.807) is 0 Å². The second kappa shape index (κ2) is 70.8. The molecule has 0 N–H and O–H groups in total. The summed E-state index contributed by atoms with van der Waals surface area (Å²) >= 11 is 0. The predicted octanol–water partition coefficient (Wildman–Crippen LogP) is 25.4. The van der Waals surface area contributed by atoms with Gasteiger partial charge in [-0.05, 0) is 44.9 Å². The first-order chi connectivity index (χ1) is 43.5. The van der Waals surface area contributed by atoms with E-state index in [1.807, 2.05) is 21.1 Å². The van der Waals surface area contributed by atoms with Crippen molar-refractivity contribution in [3.63, 3.8) is 0 Å². The molecule has 2 unspecified atom stereocenters. The topological polar surface area (TPSA) is 111 Å². The van der Waals surface area contributed by atoms with Crippen LogP contribution in [0.2, 0.25) is 0 Å². The molecule has 0 bridgehead atoms. The van der Waals surface area contributed by atoms with Gasteiger partial charge in [-0.2, -0.15) is 0 Å². The largest absolute Gasteiger partial charge is 0.756 e. The Labute approximate surface area is 555 Å². The average Bonchev–Trinajstić information content (AvgIpc) is 3.60.